The topological polar surface area (TPSA) is 112 Å². The summed E-state index contributed by atoms with van der Waals surface area (Å²) in [5.41, 5.74) is 16.0. The molecule has 4 N–H and O–H groups in total. The molecule has 0 radical (unpaired) electrons. The van der Waals surface area contributed by atoms with E-state index in [-0.39, 0.29) is 11.9 Å². The summed E-state index contributed by atoms with van der Waals surface area (Å²) in [5, 5.41) is 0.875. The maximum Gasteiger partial charge on any atom is 0.234 e. The van der Waals surface area contributed by atoms with E-state index in [0.717, 1.165) is 72.2 Å². The van der Waals surface area contributed by atoms with Gasteiger partial charge in [0, 0.05) is 24.3 Å². The van der Waals surface area contributed by atoms with Crippen molar-refractivity contribution in [2.24, 2.45) is 11.7 Å². The average Bonchev–Trinajstić information content (AvgIpc) is 3.51. The first-order chi connectivity index (χ1) is 18.1. The van der Waals surface area contributed by atoms with E-state index in [1.807, 2.05) is 30.3 Å². The molecule has 0 bridgehead atoms. The van der Waals surface area contributed by atoms with Crippen molar-refractivity contribution in [3.05, 3.63) is 72.7 Å². The van der Waals surface area contributed by atoms with Crippen molar-refractivity contribution in [3.8, 4) is 16.9 Å². The number of benzene rings is 2. The van der Waals surface area contributed by atoms with Crippen LogP contribution in [0.15, 0.2) is 67.1 Å². The summed E-state index contributed by atoms with van der Waals surface area (Å²) in [6.45, 7) is 2.39. The summed E-state index contributed by atoms with van der Waals surface area (Å²) in [6, 6.07) is 18.5. The van der Waals surface area contributed by atoms with Gasteiger partial charge in [-0.25, -0.2) is 9.97 Å². The van der Waals surface area contributed by atoms with Crippen molar-refractivity contribution in [2.75, 3.05) is 18.8 Å². The molecule has 1 atom stereocenters. The summed E-state index contributed by atoms with van der Waals surface area (Å²) in [4.78, 5) is 23.0. The number of fused-ring (bicyclic) bond motifs is 1. The van der Waals surface area contributed by atoms with Crippen LogP contribution in [0, 0.1) is 5.92 Å². The highest BCUT2D eigenvalue weighted by atomic mass is 16.5. The molecule has 1 saturated carbocycles. The minimum Gasteiger partial charge on any atom is -0.489 e. The van der Waals surface area contributed by atoms with Crippen LogP contribution in [-0.4, -0.2) is 44.5 Å². The molecule has 4 aromatic rings. The molecule has 6 rings (SSSR count). The van der Waals surface area contributed by atoms with E-state index >= 15 is 0 Å². The van der Waals surface area contributed by atoms with Gasteiger partial charge in [0.15, 0.2) is 0 Å². The van der Waals surface area contributed by atoms with Gasteiger partial charge in [-0.1, -0.05) is 42.5 Å². The SMILES string of the molecule is NC(=O)[C@@H]1CCCN1C[C@H]1C[C@H](n2cc(-c3cccc(OCc4ccccc4)c3)c3c(N)ncnc32)C1. The van der Waals surface area contributed by atoms with Gasteiger partial charge >= 0.3 is 0 Å². The summed E-state index contributed by atoms with van der Waals surface area (Å²) < 4.78 is 8.34. The zero-order valence-electron chi connectivity index (χ0n) is 20.8. The first kappa shape index (κ1) is 23.5. The van der Waals surface area contributed by atoms with E-state index in [4.69, 9.17) is 16.2 Å². The summed E-state index contributed by atoms with van der Waals surface area (Å²) in [5.74, 6) is 1.62. The number of hydrogen-bond donors (Lipinski definition) is 2. The minimum atomic E-state index is -0.198. The third-order valence-electron chi connectivity index (χ3n) is 7.82. The average molecular weight is 497 g/mol. The molecule has 0 unspecified atom stereocenters. The molecule has 1 amide bonds. The Kier molecular flexibility index (Phi) is 6.26. The molecule has 190 valence electrons. The van der Waals surface area contributed by atoms with E-state index in [9.17, 15) is 4.79 Å². The number of nitrogens with two attached hydrogens (primary N) is 2. The van der Waals surface area contributed by atoms with Crippen LogP contribution in [0.25, 0.3) is 22.2 Å². The molecular weight excluding hydrogens is 464 g/mol. The second-order valence-corrected chi connectivity index (χ2v) is 10.3. The standard InChI is InChI=1S/C29H32N6O2/c30-27-26-24(21-8-4-9-23(14-21)37-17-19-6-2-1-3-7-19)16-35(29(26)33-18-32-27)22-12-20(13-22)15-34-11-5-10-25(34)28(31)36/h1-4,6-9,14,16,18,20,22,25H,5,10-13,15,17H2,(H2,31,36)(H2,30,32,33)/t20-,22-,25-/m0/s1. The van der Waals surface area contributed by atoms with Gasteiger partial charge in [-0.2, -0.15) is 0 Å². The van der Waals surface area contributed by atoms with Crippen molar-refractivity contribution in [1.82, 2.24) is 19.4 Å². The monoisotopic (exact) mass is 496 g/mol. The van der Waals surface area contributed by atoms with Crippen LogP contribution in [-0.2, 0) is 11.4 Å². The van der Waals surface area contributed by atoms with Crippen molar-refractivity contribution >= 4 is 22.8 Å². The second kappa shape index (κ2) is 9.86. The number of rotatable bonds is 8. The molecular formula is C29H32N6O2. The zero-order valence-corrected chi connectivity index (χ0v) is 20.8. The summed E-state index contributed by atoms with van der Waals surface area (Å²) in [7, 11) is 0. The number of ether oxygens (including phenoxy) is 1. The van der Waals surface area contributed by atoms with Crippen LogP contribution >= 0.6 is 0 Å². The number of nitrogen functional groups attached to an aromatic ring is 1. The van der Waals surface area contributed by atoms with Gasteiger partial charge in [-0.05, 0) is 61.4 Å². The molecule has 2 aromatic carbocycles. The fourth-order valence-corrected chi connectivity index (χ4v) is 5.88. The summed E-state index contributed by atoms with van der Waals surface area (Å²) >= 11 is 0. The molecule has 1 aliphatic heterocycles. The van der Waals surface area contributed by atoms with Crippen molar-refractivity contribution in [3.63, 3.8) is 0 Å². The molecule has 3 heterocycles. The lowest BCUT2D eigenvalue weighted by molar-refractivity contribution is -0.122. The Labute approximate surface area is 216 Å². The Hall–Kier alpha value is -3.91. The number of anilines is 1. The third-order valence-corrected chi connectivity index (χ3v) is 7.82. The Morgan fingerprint density at radius 1 is 1.08 bits per heavy atom. The number of amides is 1. The lowest BCUT2D eigenvalue weighted by atomic mass is 9.79. The van der Waals surface area contributed by atoms with Crippen LogP contribution in [0.1, 0.15) is 37.3 Å². The largest absolute Gasteiger partial charge is 0.489 e. The lowest BCUT2D eigenvalue weighted by Crippen LogP contribution is -2.44. The molecule has 2 fully saturated rings. The van der Waals surface area contributed by atoms with Gasteiger partial charge in [-0.15, -0.1) is 0 Å². The molecule has 2 aliphatic rings. The van der Waals surface area contributed by atoms with E-state index in [1.54, 1.807) is 0 Å². The first-order valence-electron chi connectivity index (χ1n) is 13.0. The highest BCUT2D eigenvalue weighted by molar-refractivity contribution is 6.00. The molecule has 1 aliphatic carbocycles. The Morgan fingerprint density at radius 2 is 1.92 bits per heavy atom. The van der Waals surface area contributed by atoms with Crippen LogP contribution in [0.3, 0.4) is 0 Å². The van der Waals surface area contributed by atoms with Gasteiger partial charge in [0.25, 0.3) is 0 Å². The fourth-order valence-electron chi connectivity index (χ4n) is 5.88. The molecule has 8 heteroatoms. The van der Waals surface area contributed by atoms with Gasteiger partial charge in [0.05, 0.1) is 11.4 Å². The maximum absolute atomic E-state index is 11.8. The van der Waals surface area contributed by atoms with Crippen molar-refractivity contribution < 1.29 is 9.53 Å². The van der Waals surface area contributed by atoms with Gasteiger partial charge in [0.1, 0.15) is 30.1 Å². The normalized spacial score (nSPS) is 21.7. The highest BCUT2D eigenvalue weighted by Crippen LogP contribution is 2.44. The number of nitrogens with zero attached hydrogens (tertiary/aromatic N) is 4. The molecule has 1 saturated heterocycles. The molecule has 8 nitrogen and oxygen atoms in total. The third kappa shape index (κ3) is 4.64. The minimum absolute atomic E-state index is 0.109. The van der Waals surface area contributed by atoms with E-state index in [2.05, 4.69) is 49.9 Å². The van der Waals surface area contributed by atoms with Crippen LogP contribution in [0.4, 0.5) is 5.82 Å². The number of carbonyl (C=O) groups excluding carboxylic acids is 1. The number of primary amides is 1. The van der Waals surface area contributed by atoms with Crippen molar-refractivity contribution in [2.45, 2.75) is 44.4 Å². The Morgan fingerprint density at radius 3 is 2.73 bits per heavy atom. The smallest absolute Gasteiger partial charge is 0.234 e. The zero-order chi connectivity index (χ0) is 25.4. The Bertz CT molecular complexity index is 1410. The second-order valence-electron chi connectivity index (χ2n) is 10.3. The molecule has 2 aromatic heterocycles. The van der Waals surface area contributed by atoms with Crippen LogP contribution in [0.5, 0.6) is 5.75 Å². The van der Waals surface area contributed by atoms with E-state index < -0.39 is 0 Å². The molecule has 0 spiro atoms. The number of aromatic nitrogens is 3. The van der Waals surface area contributed by atoms with Gasteiger partial charge in [0.2, 0.25) is 5.91 Å². The highest BCUT2D eigenvalue weighted by Gasteiger charge is 2.37. The predicted octanol–water partition coefficient (Wildman–Crippen LogP) is 4.16. The fraction of sp³-hybridized carbons (Fsp3) is 0.345. The maximum atomic E-state index is 11.8. The van der Waals surface area contributed by atoms with Crippen LogP contribution < -0.4 is 16.2 Å². The number of hydrogen-bond acceptors (Lipinski definition) is 6. The lowest BCUT2D eigenvalue weighted by Gasteiger charge is -2.39. The predicted molar refractivity (Wildman–Crippen MR) is 144 cm³/mol. The van der Waals surface area contributed by atoms with Gasteiger partial charge < -0.3 is 20.8 Å². The summed E-state index contributed by atoms with van der Waals surface area (Å²) in [6.07, 6.45) is 7.69. The number of likely N-dealkylation sites (tertiary alicyclic amines) is 1. The van der Waals surface area contributed by atoms with Crippen LogP contribution in [0.2, 0.25) is 0 Å². The van der Waals surface area contributed by atoms with Crippen molar-refractivity contribution in [1.29, 1.82) is 0 Å². The number of carbonyl (C=O) groups is 1. The first-order valence-corrected chi connectivity index (χ1v) is 13.0. The van der Waals surface area contributed by atoms with E-state index in [1.165, 1.54) is 6.33 Å². The van der Waals surface area contributed by atoms with E-state index in [0.29, 0.717) is 24.4 Å². The quantitative estimate of drug-likeness (QED) is 0.379. The Balaban J connectivity index is 1.22. The molecule has 37 heavy (non-hydrogen) atoms. The van der Waals surface area contributed by atoms with Gasteiger partial charge in [-0.3, -0.25) is 9.69 Å².